The Morgan fingerprint density at radius 1 is 1.09 bits per heavy atom. The zero-order valence-electron chi connectivity index (χ0n) is 19.4. The van der Waals surface area contributed by atoms with Crippen LogP contribution in [-0.2, 0) is 26.2 Å². The molecule has 2 aromatic rings. The van der Waals surface area contributed by atoms with Gasteiger partial charge in [-0.25, -0.2) is 12.8 Å². The molecule has 0 aliphatic heterocycles. The maximum atomic E-state index is 14.4. The number of hydrogen-bond donors (Lipinski definition) is 1. The van der Waals surface area contributed by atoms with Gasteiger partial charge in [-0.2, -0.15) is 0 Å². The number of hydrogen-bond acceptors (Lipinski definition) is 4. The van der Waals surface area contributed by atoms with E-state index in [-0.39, 0.29) is 23.3 Å². The SMILES string of the molecule is CC[C@@H](C)NC(=O)[C@@H](C)N(Cc1ccc(Cl)c(Cl)c1)C(=O)CN(c1ccccc1F)S(C)(=O)=O. The molecule has 2 atom stereocenters. The zero-order chi connectivity index (χ0) is 25.6. The van der Waals surface area contributed by atoms with E-state index in [4.69, 9.17) is 23.2 Å². The largest absolute Gasteiger partial charge is 0.352 e. The molecule has 7 nitrogen and oxygen atoms in total. The first kappa shape index (κ1) is 27.9. The lowest BCUT2D eigenvalue weighted by molar-refractivity contribution is -0.139. The molecule has 0 aromatic heterocycles. The minimum absolute atomic E-state index is 0.0420. The Balaban J connectivity index is 2.42. The van der Waals surface area contributed by atoms with E-state index in [9.17, 15) is 22.4 Å². The molecule has 0 saturated heterocycles. The van der Waals surface area contributed by atoms with E-state index in [1.165, 1.54) is 23.1 Å². The van der Waals surface area contributed by atoms with Crippen molar-refractivity contribution in [1.82, 2.24) is 10.2 Å². The molecule has 0 fully saturated rings. The Kier molecular flexibility index (Phi) is 9.73. The van der Waals surface area contributed by atoms with Crippen molar-refractivity contribution in [2.75, 3.05) is 17.1 Å². The number of rotatable bonds is 10. The van der Waals surface area contributed by atoms with Gasteiger partial charge in [-0.05, 0) is 50.1 Å². The number of amides is 2. The molecule has 0 radical (unpaired) electrons. The monoisotopic (exact) mass is 531 g/mol. The molecule has 2 rings (SSSR count). The summed E-state index contributed by atoms with van der Waals surface area (Å²) in [7, 11) is -4.02. The first-order chi connectivity index (χ1) is 15.8. The van der Waals surface area contributed by atoms with Gasteiger partial charge in [-0.1, -0.05) is 48.3 Å². The van der Waals surface area contributed by atoms with Crippen LogP contribution in [0.3, 0.4) is 0 Å². The van der Waals surface area contributed by atoms with Crippen molar-refractivity contribution in [3.05, 3.63) is 63.9 Å². The first-order valence-electron chi connectivity index (χ1n) is 10.6. The topological polar surface area (TPSA) is 86.8 Å². The Labute approximate surface area is 209 Å². The van der Waals surface area contributed by atoms with Crippen molar-refractivity contribution in [2.45, 2.75) is 45.8 Å². The Morgan fingerprint density at radius 2 is 1.74 bits per heavy atom. The highest BCUT2D eigenvalue weighted by atomic mass is 35.5. The van der Waals surface area contributed by atoms with E-state index >= 15 is 0 Å². The third-order valence-electron chi connectivity index (χ3n) is 5.31. The molecule has 186 valence electrons. The summed E-state index contributed by atoms with van der Waals surface area (Å²) < 4.78 is 40.0. The molecule has 0 saturated carbocycles. The van der Waals surface area contributed by atoms with Crippen LogP contribution < -0.4 is 9.62 Å². The predicted molar refractivity (Wildman–Crippen MR) is 133 cm³/mol. The van der Waals surface area contributed by atoms with Crippen LogP contribution in [0.15, 0.2) is 42.5 Å². The summed E-state index contributed by atoms with van der Waals surface area (Å²) >= 11 is 12.1. The van der Waals surface area contributed by atoms with Crippen molar-refractivity contribution in [3.63, 3.8) is 0 Å². The van der Waals surface area contributed by atoms with Gasteiger partial charge in [0.1, 0.15) is 18.4 Å². The second-order valence-corrected chi connectivity index (χ2v) is 10.7. The molecular weight excluding hydrogens is 504 g/mol. The zero-order valence-corrected chi connectivity index (χ0v) is 21.7. The average Bonchev–Trinajstić information content (AvgIpc) is 2.77. The summed E-state index contributed by atoms with van der Waals surface area (Å²) in [4.78, 5) is 27.5. The van der Waals surface area contributed by atoms with Crippen molar-refractivity contribution < 1.29 is 22.4 Å². The van der Waals surface area contributed by atoms with Gasteiger partial charge < -0.3 is 10.2 Å². The Bertz CT molecular complexity index is 1150. The number of benzene rings is 2. The van der Waals surface area contributed by atoms with Crippen LogP contribution in [0.2, 0.25) is 10.0 Å². The van der Waals surface area contributed by atoms with Gasteiger partial charge in [0, 0.05) is 12.6 Å². The van der Waals surface area contributed by atoms with Crippen LogP contribution in [0.5, 0.6) is 0 Å². The standard InChI is InChI=1S/C23H28Cl2FN3O4S/c1-5-15(2)27-23(31)16(3)28(13-17-10-11-18(24)19(25)12-17)22(30)14-29(34(4,32)33)21-9-7-6-8-20(21)26/h6-12,15-16H,5,13-14H2,1-4H3,(H,27,31)/t15-,16-/m1/s1. The summed E-state index contributed by atoms with van der Waals surface area (Å²) in [6.45, 7) is 4.55. The van der Waals surface area contributed by atoms with Gasteiger partial charge in [0.2, 0.25) is 21.8 Å². The third-order valence-corrected chi connectivity index (χ3v) is 7.17. The highest BCUT2D eigenvalue weighted by Gasteiger charge is 2.31. The van der Waals surface area contributed by atoms with E-state index in [1.807, 2.05) is 13.8 Å². The van der Waals surface area contributed by atoms with E-state index in [0.29, 0.717) is 21.3 Å². The smallest absolute Gasteiger partial charge is 0.244 e. The summed E-state index contributed by atoms with van der Waals surface area (Å²) in [6.07, 6.45) is 1.57. The van der Waals surface area contributed by atoms with Gasteiger partial charge in [-0.3, -0.25) is 13.9 Å². The summed E-state index contributed by atoms with van der Waals surface area (Å²) in [5.41, 5.74) is 0.326. The molecule has 0 spiro atoms. The lowest BCUT2D eigenvalue weighted by atomic mass is 10.1. The molecule has 0 bridgehead atoms. The van der Waals surface area contributed by atoms with E-state index in [0.717, 1.165) is 12.3 Å². The van der Waals surface area contributed by atoms with Crippen molar-refractivity contribution >= 4 is 50.7 Å². The fourth-order valence-corrected chi connectivity index (χ4v) is 4.30. The summed E-state index contributed by atoms with van der Waals surface area (Å²) in [6, 6.07) is 8.97. The fourth-order valence-electron chi connectivity index (χ4n) is 3.13. The predicted octanol–water partition coefficient (Wildman–Crippen LogP) is 4.23. The normalized spacial score (nSPS) is 13.1. The van der Waals surface area contributed by atoms with E-state index < -0.39 is 40.2 Å². The highest BCUT2D eigenvalue weighted by Crippen LogP contribution is 2.25. The van der Waals surface area contributed by atoms with Crippen LogP contribution in [0.4, 0.5) is 10.1 Å². The van der Waals surface area contributed by atoms with Crippen molar-refractivity contribution in [3.8, 4) is 0 Å². The van der Waals surface area contributed by atoms with Crippen LogP contribution in [0.1, 0.15) is 32.8 Å². The van der Waals surface area contributed by atoms with Crippen molar-refractivity contribution in [2.24, 2.45) is 0 Å². The summed E-state index contributed by atoms with van der Waals surface area (Å²) in [5, 5.41) is 3.42. The number of nitrogens with zero attached hydrogens (tertiary/aromatic N) is 2. The molecule has 11 heteroatoms. The molecule has 0 aliphatic carbocycles. The molecule has 0 heterocycles. The molecular formula is C23H28Cl2FN3O4S. The molecule has 2 aromatic carbocycles. The maximum Gasteiger partial charge on any atom is 0.244 e. The van der Waals surface area contributed by atoms with Crippen LogP contribution in [-0.4, -0.2) is 50.0 Å². The molecule has 0 unspecified atom stereocenters. The van der Waals surface area contributed by atoms with Gasteiger partial charge in [0.25, 0.3) is 0 Å². The van der Waals surface area contributed by atoms with Crippen LogP contribution >= 0.6 is 23.2 Å². The van der Waals surface area contributed by atoms with E-state index in [2.05, 4.69) is 5.32 Å². The molecule has 0 aliphatic rings. The van der Waals surface area contributed by atoms with Crippen LogP contribution in [0, 0.1) is 5.82 Å². The number of carbonyl (C=O) groups is 2. The average molecular weight is 532 g/mol. The number of anilines is 1. The number of sulfonamides is 1. The fraction of sp³-hybridized carbons (Fsp3) is 0.391. The lowest BCUT2D eigenvalue weighted by Gasteiger charge is -2.32. The minimum atomic E-state index is -4.02. The third kappa shape index (κ3) is 7.32. The second-order valence-electron chi connectivity index (χ2n) is 7.99. The first-order valence-corrected chi connectivity index (χ1v) is 13.2. The Morgan fingerprint density at radius 3 is 2.29 bits per heavy atom. The number of halogens is 3. The lowest BCUT2D eigenvalue weighted by Crippen LogP contribution is -2.52. The number of nitrogens with one attached hydrogen (secondary N) is 1. The van der Waals surface area contributed by atoms with E-state index in [1.54, 1.807) is 25.1 Å². The quantitative estimate of drug-likeness (QED) is 0.496. The highest BCUT2D eigenvalue weighted by molar-refractivity contribution is 7.92. The van der Waals surface area contributed by atoms with Crippen LogP contribution in [0.25, 0.3) is 0 Å². The van der Waals surface area contributed by atoms with Crippen molar-refractivity contribution in [1.29, 1.82) is 0 Å². The van der Waals surface area contributed by atoms with Gasteiger partial charge >= 0.3 is 0 Å². The van der Waals surface area contributed by atoms with Gasteiger partial charge in [-0.15, -0.1) is 0 Å². The Hall–Kier alpha value is -2.36. The second kappa shape index (κ2) is 11.9. The molecule has 1 N–H and O–H groups in total. The van der Waals surface area contributed by atoms with Gasteiger partial charge in [0.15, 0.2) is 0 Å². The molecule has 2 amide bonds. The summed E-state index contributed by atoms with van der Waals surface area (Å²) in [5.74, 6) is -1.88. The number of para-hydroxylation sites is 1. The van der Waals surface area contributed by atoms with Gasteiger partial charge in [0.05, 0.1) is 22.0 Å². The maximum absolute atomic E-state index is 14.4. The number of carbonyl (C=O) groups excluding carboxylic acids is 2. The molecule has 34 heavy (non-hydrogen) atoms. The minimum Gasteiger partial charge on any atom is -0.352 e.